The molecule has 8 heteroatoms. The molecule has 102 valence electrons. The van der Waals surface area contributed by atoms with E-state index in [1.807, 2.05) is 0 Å². The van der Waals surface area contributed by atoms with Crippen molar-refractivity contribution in [2.45, 2.75) is 30.6 Å². The number of carbonyl (C=O) groups excluding carboxylic acids is 1. The lowest BCUT2D eigenvalue weighted by Crippen LogP contribution is -2.39. The van der Waals surface area contributed by atoms with Gasteiger partial charge in [0, 0.05) is 17.5 Å². The fraction of sp³-hybridized carbons (Fsp3) is 0.500. The molecule has 0 saturated carbocycles. The molecular weight excluding hydrogens is 274 g/mol. The molecule has 0 spiro atoms. The van der Waals surface area contributed by atoms with Crippen molar-refractivity contribution in [2.75, 3.05) is 6.54 Å². The summed E-state index contributed by atoms with van der Waals surface area (Å²) in [7, 11) is -3.63. The van der Waals surface area contributed by atoms with E-state index < -0.39 is 10.0 Å². The summed E-state index contributed by atoms with van der Waals surface area (Å²) in [5.41, 5.74) is 5.41. The molecule has 0 bridgehead atoms. The lowest BCUT2D eigenvalue weighted by molar-refractivity contribution is -0.120. The van der Waals surface area contributed by atoms with Crippen molar-refractivity contribution in [3.05, 3.63) is 17.0 Å². The molecule has 1 amide bonds. The first-order valence-electron chi connectivity index (χ1n) is 5.43. The first-order valence-corrected chi connectivity index (χ1v) is 7.73. The molecule has 0 atom stereocenters. The molecule has 18 heavy (non-hydrogen) atoms. The second kappa shape index (κ2) is 6.28. The van der Waals surface area contributed by atoms with Gasteiger partial charge in [0.2, 0.25) is 5.91 Å². The first kappa shape index (κ1) is 15.1. The van der Waals surface area contributed by atoms with Crippen LogP contribution in [0.25, 0.3) is 0 Å². The van der Waals surface area contributed by atoms with E-state index in [1.54, 1.807) is 19.9 Å². The van der Waals surface area contributed by atoms with Crippen LogP contribution in [0.4, 0.5) is 0 Å². The first-order chi connectivity index (χ1) is 8.35. The van der Waals surface area contributed by atoms with Crippen LogP contribution in [0.5, 0.6) is 0 Å². The predicted octanol–water partition coefficient (Wildman–Crippen LogP) is 0.00970. The second-order valence-corrected chi connectivity index (χ2v) is 7.13. The smallest absolute Gasteiger partial charge is 0.250 e. The third-order valence-corrected chi connectivity index (χ3v) is 4.98. The van der Waals surface area contributed by atoms with Crippen molar-refractivity contribution in [2.24, 2.45) is 5.73 Å². The van der Waals surface area contributed by atoms with Crippen molar-refractivity contribution in [1.29, 1.82) is 0 Å². The summed E-state index contributed by atoms with van der Waals surface area (Å²) in [5.74, 6) is -0.357. The standard InChI is InChI=1S/C10H17N3O3S2/c1-7(2)13-9(14)6-12-18(15,16)10-4-3-8(5-11)17-10/h3-4,7,12H,5-6,11H2,1-2H3,(H,13,14). The molecule has 0 aliphatic carbocycles. The molecule has 1 aromatic heterocycles. The lowest BCUT2D eigenvalue weighted by atomic mass is 10.4. The molecule has 0 aromatic carbocycles. The predicted molar refractivity (Wildman–Crippen MR) is 70.7 cm³/mol. The van der Waals surface area contributed by atoms with Crippen molar-refractivity contribution in [3.8, 4) is 0 Å². The van der Waals surface area contributed by atoms with Gasteiger partial charge in [-0.1, -0.05) is 0 Å². The van der Waals surface area contributed by atoms with Crippen molar-refractivity contribution >= 4 is 27.3 Å². The molecule has 0 radical (unpaired) electrons. The zero-order valence-corrected chi connectivity index (χ0v) is 11.9. The lowest BCUT2D eigenvalue weighted by Gasteiger charge is -2.08. The molecule has 1 rings (SSSR count). The van der Waals surface area contributed by atoms with E-state index in [4.69, 9.17) is 5.73 Å². The summed E-state index contributed by atoms with van der Waals surface area (Å²) in [5, 5.41) is 2.60. The number of hydrogen-bond donors (Lipinski definition) is 3. The van der Waals surface area contributed by atoms with Gasteiger partial charge in [0.25, 0.3) is 10.0 Å². The van der Waals surface area contributed by atoms with Gasteiger partial charge in [-0.25, -0.2) is 13.1 Å². The molecule has 0 aliphatic rings. The number of carbonyl (C=O) groups is 1. The summed E-state index contributed by atoms with van der Waals surface area (Å²) in [4.78, 5) is 12.1. The highest BCUT2D eigenvalue weighted by Crippen LogP contribution is 2.20. The SMILES string of the molecule is CC(C)NC(=O)CNS(=O)(=O)c1ccc(CN)s1. The van der Waals surface area contributed by atoms with Gasteiger partial charge in [-0.05, 0) is 26.0 Å². The molecule has 1 aromatic rings. The van der Waals surface area contributed by atoms with Crippen molar-refractivity contribution < 1.29 is 13.2 Å². The summed E-state index contributed by atoms with van der Waals surface area (Å²) < 4.78 is 26.1. The minimum absolute atomic E-state index is 0.0208. The van der Waals surface area contributed by atoms with E-state index in [1.165, 1.54) is 6.07 Å². The highest BCUT2D eigenvalue weighted by Gasteiger charge is 2.17. The highest BCUT2D eigenvalue weighted by molar-refractivity contribution is 7.91. The van der Waals surface area contributed by atoms with Gasteiger partial charge in [-0.2, -0.15) is 0 Å². The van der Waals surface area contributed by atoms with Gasteiger partial charge in [-0.3, -0.25) is 4.79 Å². The molecule has 0 fully saturated rings. The van der Waals surface area contributed by atoms with Crippen LogP contribution >= 0.6 is 11.3 Å². The van der Waals surface area contributed by atoms with E-state index in [0.29, 0.717) is 6.54 Å². The summed E-state index contributed by atoms with van der Waals surface area (Å²) >= 11 is 1.10. The molecule has 0 unspecified atom stereocenters. The maximum atomic E-state index is 11.8. The summed E-state index contributed by atoms with van der Waals surface area (Å²) in [6.07, 6.45) is 0. The van der Waals surface area contributed by atoms with Crippen LogP contribution in [-0.2, 0) is 21.4 Å². The van der Waals surface area contributed by atoms with E-state index >= 15 is 0 Å². The maximum Gasteiger partial charge on any atom is 0.250 e. The number of sulfonamides is 1. The van der Waals surface area contributed by atoms with Crippen molar-refractivity contribution in [1.82, 2.24) is 10.0 Å². The van der Waals surface area contributed by atoms with Crippen LogP contribution < -0.4 is 15.8 Å². The van der Waals surface area contributed by atoms with Crippen LogP contribution in [0.3, 0.4) is 0 Å². The van der Waals surface area contributed by atoms with Gasteiger partial charge in [0.1, 0.15) is 4.21 Å². The topological polar surface area (TPSA) is 101 Å². The highest BCUT2D eigenvalue weighted by atomic mass is 32.2. The zero-order valence-electron chi connectivity index (χ0n) is 10.3. The molecule has 0 saturated heterocycles. The Kier molecular flexibility index (Phi) is 5.27. The molecule has 6 nitrogen and oxygen atoms in total. The Bertz CT molecular complexity index is 508. The quantitative estimate of drug-likeness (QED) is 0.687. The number of hydrogen-bond acceptors (Lipinski definition) is 5. The average Bonchev–Trinajstić information content (AvgIpc) is 2.75. The van der Waals surface area contributed by atoms with Crippen LogP contribution in [0.2, 0.25) is 0 Å². The Morgan fingerprint density at radius 1 is 1.44 bits per heavy atom. The number of nitrogens with one attached hydrogen (secondary N) is 2. The minimum atomic E-state index is -3.63. The molecule has 0 aliphatic heterocycles. The Morgan fingerprint density at radius 3 is 2.61 bits per heavy atom. The summed E-state index contributed by atoms with van der Waals surface area (Å²) in [6.45, 7) is 3.64. The van der Waals surface area contributed by atoms with E-state index in [0.717, 1.165) is 16.2 Å². The fourth-order valence-electron chi connectivity index (χ4n) is 1.22. The number of nitrogens with two attached hydrogens (primary N) is 1. The van der Waals surface area contributed by atoms with E-state index in [-0.39, 0.29) is 22.7 Å². The Morgan fingerprint density at radius 2 is 2.11 bits per heavy atom. The van der Waals surface area contributed by atoms with Gasteiger partial charge in [0.15, 0.2) is 0 Å². The Hall–Kier alpha value is -0.960. The van der Waals surface area contributed by atoms with Crippen LogP contribution in [-0.4, -0.2) is 26.9 Å². The van der Waals surface area contributed by atoms with E-state index in [2.05, 4.69) is 10.0 Å². The normalized spacial score (nSPS) is 11.8. The number of rotatable bonds is 6. The molecular formula is C10H17N3O3S2. The minimum Gasteiger partial charge on any atom is -0.353 e. The third-order valence-electron chi connectivity index (χ3n) is 1.98. The summed E-state index contributed by atoms with van der Waals surface area (Å²) in [6, 6.07) is 3.12. The van der Waals surface area contributed by atoms with Crippen LogP contribution in [0.1, 0.15) is 18.7 Å². The van der Waals surface area contributed by atoms with Crippen LogP contribution in [0, 0.1) is 0 Å². The Balaban J connectivity index is 2.62. The molecule has 4 N–H and O–H groups in total. The van der Waals surface area contributed by atoms with Crippen molar-refractivity contribution in [3.63, 3.8) is 0 Å². The Labute approximate surface area is 111 Å². The maximum absolute atomic E-state index is 11.8. The largest absolute Gasteiger partial charge is 0.353 e. The van der Waals surface area contributed by atoms with Gasteiger partial charge in [0.05, 0.1) is 6.54 Å². The third kappa shape index (κ3) is 4.37. The zero-order chi connectivity index (χ0) is 13.8. The van der Waals surface area contributed by atoms with Gasteiger partial charge < -0.3 is 11.1 Å². The van der Waals surface area contributed by atoms with Gasteiger partial charge in [-0.15, -0.1) is 11.3 Å². The average molecular weight is 291 g/mol. The van der Waals surface area contributed by atoms with Crippen LogP contribution in [0.15, 0.2) is 16.3 Å². The number of amides is 1. The number of thiophene rings is 1. The van der Waals surface area contributed by atoms with E-state index in [9.17, 15) is 13.2 Å². The molecule has 1 heterocycles. The van der Waals surface area contributed by atoms with Gasteiger partial charge >= 0.3 is 0 Å². The fourth-order valence-corrected chi connectivity index (χ4v) is 3.48. The second-order valence-electron chi connectivity index (χ2n) is 3.97. The monoisotopic (exact) mass is 291 g/mol.